The van der Waals surface area contributed by atoms with Gasteiger partial charge < -0.3 is 4.90 Å². The van der Waals surface area contributed by atoms with Gasteiger partial charge in [0.1, 0.15) is 0 Å². The van der Waals surface area contributed by atoms with Gasteiger partial charge in [0, 0.05) is 6.04 Å². The van der Waals surface area contributed by atoms with Crippen molar-refractivity contribution in [1.29, 1.82) is 0 Å². The van der Waals surface area contributed by atoms with Crippen LogP contribution in [0.5, 0.6) is 0 Å². The molecule has 0 aromatic heterocycles. The van der Waals surface area contributed by atoms with E-state index in [1.807, 2.05) is 0 Å². The molecule has 0 amide bonds. The highest BCUT2D eigenvalue weighted by Crippen LogP contribution is 2.16. The summed E-state index contributed by atoms with van der Waals surface area (Å²) in [4.78, 5) is 2.71. The second-order valence-corrected chi connectivity index (χ2v) is 5.86. The van der Waals surface area contributed by atoms with E-state index in [1.165, 1.54) is 83.7 Å². The maximum absolute atomic E-state index is 2.71. The molecule has 1 heteroatoms. The summed E-state index contributed by atoms with van der Waals surface area (Å²) in [7, 11) is 0. The molecule has 0 radical (unpaired) electrons. The predicted octanol–water partition coefficient (Wildman–Crippen LogP) is 5.00. The molecule has 1 rings (SSSR count). The summed E-state index contributed by atoms with van der Waals surface area (Å²) in [6.07, 6.45) is 15.8. The van der Waals surface area contributed by atoms with Crippen molar-refractivity contribution in [2.45, 2.75) is 90.5 Å². The average molecular weight is 239 g/mol. The molecule has 102 valence electrons. The Balaban J connectivity index is 1.90. The zero-order valence-electron chi connectivity index (χ0n) is 12.2. The number of unbranched alkanes of at least 4 members (excludes halogenated alkanes) is 6. The minimum atomic E-state index is 0.839. The number of rotatable bonds is 9. The van der Waals surface area contributed by atoms with Gasteiger partial charge in [0.15, 0.2) is 0 Å². The first-order valence-corrected chi connectivity index (χ1v) is 8.08. The fraction of sp³-hybridized carbons (Fsp3) is 1.00. The quantitative estimate of drug-likeness (QED) is 0.512. The molecule has 1 fully saturated rings. The van der Waals surface area contributed by atoms with Gasteiger partial charge in [-0.25, -0.2) is 0 Å². The van der Waals surface area contributed by atoms with Crippen LogP contribution in [-0.2, 0) is 0 Å². The van der Waals surface area contributed by atoms with E-state index in [4.69, 9.17) is 0 Å². The standard InChI is InChI=1S/C16H33N/c1-3-4-5-6-7-8-10-13-16(2)17-14-11-9-12-15-17/h16H,3-15H2,1-2H3. The van der Waals surface area contributed by atoms with Crippen molar-refractivity contribution in [3.63, 3.8) is 0 Å². The summed E-state index contributed by atoms with van der Waals surface area (Å²) in [6.45, 7) is 7.44. The maximum atomic E-state index is 2.71. The Labute approximate surface area is 109 Å². The van der Waals surface area contributed by atoms with Crippen LogP contribution >= 0.6 is 0 Å². The smallest absolute Gasteiger partial charge is 0.00669 e. The van der Waals surface area contributed by atoms with Crippen LogP contribution in [0.25, 0.3) is 0 Å². The van der Waals surface area contributed by atoms with Gasteiger partial charge in [-0.15, -0.1) is 0 Å². The van der Waals surface area contributed by atoms with Crippen LogP contribution in [0.3, 0.4) is 0 Å². The Hall–Kier alpha value is -0.0400. The molecule has 1 atom stereocenters. The van der Waals surface area contributed by atoms with Gasteiger partial charge in [-0.3, -0.25) is 0 Å². The number of likely N-dealkylation sites (tertiary alicyclic amines) is 1. The summed E-state index contributed by atoms with van der Waals surface area (Å²) in [5.74, 6) is 0. The Kier molecular flexibility index (Phi) is 8.78. The number of hydrogen-bond acceptors (Lipinski definition) is 1. The topological polar surface area (TPSA) is 3.24 Å². The lowest BCUT2D eigenvalue weighted by molar-refractivity contribution is 0.164. The van der Waals surface area contributed by atoms with Crippen LogP contribution in [0.2, 0.25) is 0 Å². The normalized spacial score (nSPS) is 19.4. The van der Waals surface area contributed by atoms with Gasteiger partial charge in [-0.1, -0.05) is 58.3 Å². The fourth-order valence-corrected chi connectivity index (χ4v) is 2.94. The second kappa shape index (κ2) is 9.94. The van der Waals surface area contributed by atoms with Crippen molar-refractivity contribution < 1.29 is 0 Å². The van der Waals surface area contributed by atoms with Crippen molar-refractivity contribution in [3.05, 3.63) is 0 Å². The van der Waals surface area contributed by atoms with Crippen molar-refractivity contribution >= 4 is 0 Å². The van der Waals surface area contributed by atoms with Gasteiger partial charge in [-0.2, -0.15) is 0 Å². The predicted molar refractivity (Wildman–Crippen MR) is 77.5 cm³/mol. The molecule has 1 aliphatic heterocycles. The van der Waals surface area contributed by atoms with Crippen molar-refractivity contribution in [1.82, 2.24) is 4.90 Å². The molecule has 1 nitrogen and oxygen atoms in total. The highest BCUT2D eigenvalue weighted by atomic mass is 15.1. The van der Waals surface area contributed by atoms with Gasteiger partial charge in [-0.05, 0) is 39.3 Å². The molecule has 0 saturated carbocycles. The molecule has 0 aliphatic carbocycles. The summed E-state index contributed by atoms with van der Waals surface area (Å²) < 4.78 is 0. The lowest BCUT2D eigenvalue weighted by Gasteiger charge is -2.32. The van der Waals surface area contributed by atoms with Crippen LogP contribution in [0.15, 0.2) is 0 Å². The van der Waals surface area contributed by atoms with E-state index in [1.54, 1.807) is 0 Å². The first-order valence-electron chi connectivity index (χ1n) is 8.08. The molecule has 17 heavy (non-hydrogen) atoms. The zero-order valence-corrected chi connectivity index (χ0v) is 12.2. The molecule has 1 heterocycles. The molecular formula is C16H33N. The van der Waals surface area contributed by atoms with Crippen LogP contribution < -0.4 is 0 Å². The molecule has 0 bridgehead atoms. The Morgan fingerprint density at radius 2 is 1.41 bits per heavy atom. The minimum absolute atomic E-state index is 0.839. The van der Waals surface area contributed by atoms with E-state index >= 15 is 0 Å². The van der Waals surface area contributed by atoms with Crippen molar-refractivity contribution in [3.8, 4) is 0 Å². The third-order valence-corrected chi connectivity index (χ3v) is 4.24. The van der Waals surface area contributed by atoms with E-state index in [-0.39, 0.29) is 0 Å². The van der Waals surface area contributed by atoms with Crippen molar-refractivity contribution in [2.75, 3.05) is 13.1 Å². The maximum Gasteiger partial charge on any atom is 0.00669 e. The van der Waals surface area contributed by atoms with Crippen LogP contribution in [-0.4, -0.2) is 24.0 Å². The SMILES string of the molecule is CCCCCCCCCC(C)N1CCCCC1. The van der Waals surface area contributed by atoms with E-state index in [0.717, 1.165) is 6.04 Å². The number of piperidine rings is 1. The highest BCUT2D eigenvalue weighted by Gasteiger charge is 2.15. The van der Waals surface area contributed by atoms with Gasteiger partial charge >= 0.3 is 0 Å². The van der Waals surface area contributed by atoms with Crippen LogP contribution in [0, 0.1) is 0 Å². The Morgan fingerprint density at radius 1 is 0.824 bits per heavy atom. The first-order chi connectivity index (χ1) is 8.34. The van der Waals surface area contributed by atoms with Crippen LogP contribution in [0.4, 0.5) is 0 Å². The van der Waals surface area contributed by atoms with E-state index in [9.17, 15) is 0 Å². The minimum Gasteiger partial charge on any atom is -0.301 e. The zero-order chi connectivity index (χ0) is 12.3. The fourth-order valence-electron chi connectivity index (χ4n) is 2.94. The summed E-state index contributed by atoms with van der Waals surface area (Å²) in [6, 6.07) is 0.839. The van der Waals surface area contributed by atoms with Gasteiger partial charge in [0.2, 0.25) is 0 Å². The van der Waals surface area contributed by atoms with Gasteiger partial charge in [0.05, 0.1) is 0 Å². The highest BCUT2D eigenvalue weighted by molar-refractivity contribution is 4.71. The number of nitrogens with zero attached hydrogens (tertiary/aromatic N) is 1. The Bertz CT molecular complexity index is 161. The monoisotopic (exact) mass is 239 g/mol. The average Bonchev–Trinajstić information content (AvgIpc) is 2.38. The molecule has 1 aliphatic rings. The molecule has 1 saturated heterocycles. The molecule has 0 aromatic rings. The van der Waals surface area contributed by atoms with Crippen molar-refractivity contribution in [2.24, 2.45) is 0 Å². The lowest BCUT2D eigenvalue weighted by Crippen LogP contribution is -2.37. The molecule has 0 spiro atoms. The van der Waals surface area contributed by atoms with E-state index in [2.05, 4.69) is 18.7 Å². The summed E-state index contributed by atoms with van der Waals surface area (Å²) >= 11 is 0. The molecule has 0 aromatic carbocycles. The molecular weight excluding hydrogens is 206 g/mol. The number of hydrogen-bond donors (Lipinski definition) is 0. The van der Waals surface area contributed by atoms with E-state index in [0.29, 0.717) is 0 Å². The largest absolute Gasteiger partial charge is 0.301 e. The third-order valence-electron chi connectivity index (χ3n) is 4.24. The van der Waals surface area contributed by atoms with Gasteiger partial charge in [0.25, 0.3) is 0 Å². The Morgan fingerprint density at radius 3 is 2.06 bits per heavy atom. The van der Waals surface area contributed by atoms with Crippen LogP contribution in [0.1, 0.15) is 84.5 Å². The second-order valence-electron chi connectivity index (χ2n) is 5.86. The summed E-state index contributed by atoms with van der Waals surface area (Å²) in [5, 5.41) is 0. The van der Waals surface area contributed by atoms with E-state index < -0.39 is 0 Å². The summed E-state index contributed by atoms with van der Waals surface area (Å²) in [5.41, 5.74) is 0. The molecule has 0 N–H and O–H groups in total. The molecule has 1 unspecified atom stereocenters. The first kappa shape index (κ1) is 15.0. The third kappa shape index (κ3) is 7.08. The lowest BCUT2D eigenvalue weighted by atomic mass is 10.0.